The van der Waals surface area contributed by atoms with Gasteiger partial charge < -0.3 is 5.11 Å². The van der Waals surface area contributed by atoms with Crippen LogP contribution in [0.3, 0.4) is 0 Å². The first-order valence-electron chi connectivity index (χ1n) is 5.73. The van der Waals surface area contributed by atoms with Gasteiger partial charge in [-0.3, -0.25) is 14.5 Å². The largest absolute Gasteiger partial charge is 0.480 e. The lowest BCUT2D eigenvalue weighted by atomic mass is 9.82. The van der Waals surface area contributed by atoms with E-state index >= 15 is 0 Å². The quantitative estimate of drug-likeness (QED) is 0.849. The predicted octanol–water partition coefficient (Wildman–Crippen LogP) is 1.34. The number of hydrogen-bond acceptors (Lipinski definition) is 3. The summed E-state index contributed by atoms with van der Waals surface area (Å²) in [6.07, 6.45) is 0.221. The van der Waals surface area contributed by atoms with Crippen LogP contribution in [0.1, 0.15) is 12.5 Å². The Balaban J connectivity index is 2.21. The molecule has 0 bridgehead atoms. The minimum atomic E-state index is -1.17. The van der Waals surface area contributed by atoms with Crippen molar-refractivity contribution in [2.75, 3.05) is 0 Å². The maximum absolute atomic E-state index is 11.8. The maximum Gasteiger partial charge on any atom is 0.327 e. The van der Waals surface area contributed by atoms with Crippen molar-refractivity contribution in [3.8, 4) is 0 Å². The van der Waals surface area contributed by atoms with Crippen molar-refractivity contribution in [2.45, 2.75) is 19.4 Å². The monoisotopic (exact) mass is 281 g/mol. The van der Waals surface area contributed by atoms with E-state index in [0.717, 1.165) is 4.90 Å². The molecule has 2 atom stereocenters. The fourth-order valence-corrected chi connectivity index (χ4v) is 2.49. The Morgan fingerprint density at radius 1 is 1.37 bits per heavy atom. The second-order valence-electron chi connectivity index (χ2n) is 4.41. The Bertz CT molecular complexity index is 557. The Labute approximate surface area is 114 Å². The molecule has 1 aromatic rings. The number of rotatable bonds is 3. The van der Waals surface area contributed by atoms with Crippen molar-refractivity contribution in [1.29, 1.82) is 0 Å². The van der Waals surface area contributed by atoms with Gasteiger partial charge >= 0.3 is 5.97 Å². The average molecular weight is 282 g/mol. The summed E-state index contributed by atoms with van der Waals surface area (Å²) in [5.41, 5.74) is 0.706. The molecule has 6 heteroatoms. The number of benzene rings is 1. The molecule has 0 unspecified atom stereocenters. The molecule has 19 heavy (non-hydrogen) atoms. The van der Waals surface area contributed by atoms with Crippen LogP contribution in [0.5, 0.6) is 0 Å². The minimum Gasteiger partial charge on any atom is -0.480 e. The van der Waals surface area contributed by atoms with E-state index < -0.39 is 29.7 Å². The van der Waals surface area contributed by atoms with Gasteiger partial charge in [0.2, 0.25) is 11.8 Å². The van der Waals surface area contributed by atoms with Crippen molar-refractivity contribution in [3.05, 3.63) is 34.9 Å². The first kappa shape index (κ1) is 13.5. The Hall–Kier alpha value is -1.88. The first-order valence-corrected chi connectivity index (χ1v) is 6.11. The fourth-order valence-electron chi connectivity index (χ4n) is 2.28. The lowest BCUT2D eigenvalue weighted by Crippen LogP contribution is -2.66. The van der Waals surface area contributed by atoms with Crippen LogP contribution in [-0.4, -0.2) is 33.8 Å². The first-order chi connectivity index (χ1) is 8.93. The van der Waals surface area contributed by atoms with E-state index in [0.29, 0.717) is 10.6 Å². The van der Waals surface area contributed by atoms with Gasteiger partial charge in [0.05, 0.1) is 5.92 Å². The third kappa shape index (κ3) is 2.33. The second kappa shape index (κ2) is 5.01. The Morgan fingerprint density at radius 2 is 2.00 bits per heavy atom. The number of β-lactam (4-membered cyclic amide) rings is 1. The molecule has 1 aliphatic heterocycles. The molecule has 1 saturated heterocycles. The number of nitrogens with zero attached hydrogens (tertiary/aromatic N) is 1. The summed E-state index contributed by atoms with van der Waals surface area (Å²) in [5.74, 6) is -2.92. The molecular weight excluding hydrogens is 270 g/mol. The van der Waals surface area contributed by atoms with Crippen molar-refractivity contribution < 1.29 is 19.5 Å². The molecule has 0 spiro atoms. The molecule has 2 rings (SSSR count). The summed E-state index contributed by atoms with van der Waals surface area (Å²) in [6, 6.07) is 5.85. The number of carboxylic acid groups (broad SMARTS) is 1. The Morgan fingerprint density at radius 3 is 2.53 bits per heavy atom. The highest BCUT2D eigenvalue weighted by atomic mass is 35.5. The zero-order valence-electron chi connectivity index (χ0n) is 10.2. The molecule has 5 nitrogen and oxygen atoms in total. The number of hydrogen-bond donors (Lipinski definition) is 1. The standard InChI is InChI=1S/C13H12ClNO4/c1-7(16)15-11(13(18)19)9(12(15)17)6-8-4-2-3-5-10(8)14/h2-5,9,11H,6H2,1H3,(H,18,19)/t9-,11+/m1/s1. The molecule has 0 aromatic heterocycles. The van der Waals surface area contributed by atoms with E-state index in [1.807, 2.05) is 0 Å². The van der Waals surface area contributed by atoms with Gasteiger partial charge in [0, 0.05) is 11.9 Å². The molecule has 100 valence electrons. The summed E-state index contributed by atoms with van der Waals surface area (Å²) >= 11 is 5.98. The SMILES string of the molecule is CC(=O)N1C(=O)[C@H](Cc2ccccc2Cl)[C@H]1C(=O)O. The number of amides is 2. The van der Waals surface area contributed by atoms with E-state index in [9.17, 15) is 14.4 Å². The average Bonchev–Trinajstić information content (AvgIpc) is 2.33. The smallest absolute Gasteiger partial charge is 0.327 e. The number of carbonyl (C=O) groups is 3. The number of likely N-dealkylation sites (tertiary alicyclic amines) is 1. The highest BCUT2D eigenvalue weighted by Crippen LogP contribution is 2.32. The summed E-state index contributed by atoms with van der Waals surface area (Å²) in [4.78, 5) is 35.0. The lowest BCUT2D eigenvalue weighted by Gasteiger charge is -2.42. The van der Waals surface area contributed by atoms with Crippen LogP contribution in [0.25, 0.3) is 0 Å². The van der Waals surface area contributed by atoms with E-state index in [1.165, 1.54) is 6.92 Å². The molecule has 0 saturated carbocycles. The summed E-state index contributed by atoms with van der Waals surface area (Å²) in [5, 5.41) is 9.60. The highest BCUT2D eigenvalue weighted by molar-refractivity contribution is 6.31. The maximum atomic E-state index is 11.8. The van der Waals surface area contributed by atoms with Crippen molar-refractivity contribution in [3.63, 3.8) is 0 Å². The van der Waals surface area contributed by atoms with Gasteiger partial charge in [-0.2, -0.15) is 0 Å². The molecule has 0 aliphatic carbocycles. The summed E-state index contributed by atoms with van der Waals surface area (Å²) < 4.78 is 0. The minimum absolute atomic E-state index is 0.221. The molecule has 1 heterocycles. The summed E-state index contributed by atoms with van der Waals surface area (Å²) in [6.45, 7) is 1.18. The van der Waals surface area contributed by atoms with Crippen LogP contribution in [0.4, 0.5) is 0 Å². The van der Waals surface area contributed by atoms with E-state index in [-0.39, 0.29) is 6.42 Å². The van der Waals surface area contributed by atoms with E-state index in [4.69, 9.17) is 16.7 Å². The lowest BCUT2D eigenvalue weighted by molar-refractivity contribution is -0.176. The zero-order chi connectivity index (χ0) is 14.2. The van der Waals surface area contributed by atoms with Crippen molar-refractivity contribution in [1.82, 2.24) is 4.90 Å². The highest BCUT2D eigenvalue weighted by Gasteiger charge is 2.53. The molecule has 0 radical (unpaired) electrons. The molecule has 1 aliphatic rings. The van der Waals surface area contributed by atoms with Gasteiger partial charge in [-0.25, -0.2) is 4.79 Å². The predicted molar refractivity (Wildman–Crippen MR) is 67.6 cm³/mol. The van der Waals surface area contributed by atoms with Crippen LogP contribution < -0.4 is 0 Å². The van der Waals surface area contributed by atoms with Crippen LogP contribution >= 0.6 is 11.6 Å². The zero-order valence-corrected chi connectivity index (χ0v) is 10.9. The van der Waals surface area contributed by atoms with Crippen LogP contribution in [0.15, 0.2) is 24.3 Å². The molecule has 1 N–H and O–H groups in total. The second-order valence-corrected chi connectivity index (χ2v) is 4.82. The number of aliphatic carboxylic acids is 1. The molecule has 1 fully saturated rings. The van der Waals surface area contributed by atoms with Gasteiger partial charge in [-0.15, -0.1) is 0 Å². The van der Waals surface area contributed by atoms with Gasteiger partial charge in [-0.05, 0) is 18.1 Å². The number of carboxylic acids is 1. The molecule has 2 amide bonds. The Kier molecular flexibility index (Phi) is 3.57. The van der Waals surface area contributed by atoms with Crippen molar-refractivity contribution >= 4 is 29.4 Å². The molecule has 1 aromatic carbocycles. The van der Waals surface area contributed by atoms with Gasteiger partial charge in [-0.1, -0.05) is 29.8 Å². The number of carbonyl (C=O) groups excluding carboxylic acids is 2. The van der Waals surface area contributed by atoms with Gasteiger partial charge in [0.15, 0.2) is 0 Å². The van der Waals surface area contributed by atoms with Crippen LogP contribution in [-0.2, 0) is 20.8 Å². The van der Waals surface area contributed by atoms with Gasteiger partial charge in [0.25, 0.3) is 0 Å². The normalized spacial score (nSPS) is 22.0. The number of halogens is 1. The van der Waals surface area contributed by atoms with Crippen molar-refractivity contribution in [2.24, 2.45) is 5.92 Å². The topological polar surface area (TPSA) is 74.7 Å². The van der Waals surface area contributed by atoms with E-state index in [2.05, 4.69) is 0 Å². The van der Waals surface area contributed by atoms with Crippen LogP contribution in [0, 0.1) is 5.92 Å². The van der Waals surface area contributed by atoms with Gasteiger partial charge in [0.1, 0.15) is 6.04 Å². The summed E-state index contributed by atoms with van der Waals surface area (Å²) in [7, 11) is 0. The number of imide groups is 1. The molecular formula is C13H12ClNO4. The van der Waals surface area contributed by atoms with Crippen LogP contribution in [0.2, 0.25) is 5.02 Å². The third-order valence-electron chi connectivity index (χ3n) is 3.20. The van der Waals surface area contributed by atoms with E-state index in [1.54, 1.807) is 24.3 Å². The third-order valence-corrected chi connectivity index (χ3v) is 3.57. The fraction of sp³-hybridized carbons (Fsp3) is 0.308.